The minimum atomic E-state index is -1.47. The molecule has 4 rings (SSSR count). The molecule has 0 radical (unpaired) electrons. The smallest absolute Gasteiger partial charge is 0.303 e. The van der Waals surface area contributed by atoms with Crippen LogP contribution in [-0.2, 0) is 4.79 Å². The van der Waals surface area contributed by atoms with Gasteiger partial charge in [-0.15, -0.1) is 11.8 Å². The molecule has 0 bridgehead atoms. The third-order valence-electron chi connectivity index (χ3n) is 7.94. The number of aliphatic hydroxyl groups excluding tert-OH is 1. The predicted octanol–water partition coefficient (Wildman–Crippen LogP) is 5.89. The van der Waals surface area contributed by atoms with E-state index >= 15 is 0 Å². The molecule has 1 fully saturated rings. The lowest BCUT2D eigenvalue weighted by Gasteiger charge is -2.41. The molecule has 11 heteroatoms. The first-order valence-electron chi connectivity index (χ1n) is 13.6. The summed E-state index contributed by atoms with van der Waals surface area (Å²) in [5.41, 5.74) is 1.81. The molecule has 2 N–H and O–H groups in total. The van der Waals surface area contributed by atoms with Crippen LogP contribution in [-0.4, -0.2) is 72.7 Å². The summed E-state index contributed by atoms with van der Waals surface area (Å²) in [5, 5.41) is 22.0. The molecule has 0 amide bonds. The van der Waals surface area contributed by atoms with E-state index in [1.54, 1.807) is 13.3 Å². The van der Waals surface area contributed by atoms with Gasteiger partial charge >= 0.3 is 5.97 Å². The summed E-state index contributed by atoms with van der Waals surface area (Å²) in [6, 6.07) is 7.53. The largest absolute Gasteiger partial charge is 0.497 e. The van der Waals surface area contributed by atoms with E-state index in [2.05, 4.69) is 9.88 Å². The Morgan fingerprint density at radius 2 is 1.85 bits per heavy atom. The second kappa shape index (κ2) is 13.3. The van der Waals surface area contributed by atoms with Gasteiger partial charge in [-0.25, -0.2) is 13.2 Å². The quantitative estimate of drug-likeness (QED) is 0.199. The maximum absolute atomic E-state index is 13.5. The monoisotopic (exact) mass is 591 g/mol. The summed E-state index contributed by atoms with van der Waals surface area (Å²) >= 11 is 1.25. The van der Waals surface area contributed by atoms with E-state index in [1.807, 2.05) is 37.2 Å². The van der Waals surface area contributed by atoms with Crippen molar-refractivity contribution in [2.24, 2.45) is 5.41 Å². The molecule has 7 nitrogen and oxygen atoms in total. The lowest BCUT2D eigenvalue weighted by atomic mass is 9.71. The Bertz CT molecular complexity index is 1360. The number of aliphatic carboxylic acids is 1. The number of benzene rings is 2. The molecule has 1 aliphatic rings. The maximum Gasteiger partial charge on any atom is 0.303 e. The standard InChI is InChI=1S/C30H36F3N3O4S/c1-35(2)25-18-34-24-5-4-19(40-3)14-21(24)28(25)26(37)6-7-30(17-27(38)39)8-10-36(11-9-30)12-13-41-20-15-22(31)29(33)23(32)16-20/h4-5,14-16,18,26,37H,6-13,17H2,1-3H3,(H,38,39)/t26-/m1/s1. The number of fused-ring (bicyclic) bond motifs is 1. The predicted molar refractivity (Wildman–Crippen MR) is 154 cm³/mol. The molecule has 1 aromatic heterocycles. The second-order valence-corrected chi connectivity index (χ2v) is 12.0. The molecule has 0 unspecified atom stereocenters. The van der Waals surface area contributed by atoms with Crippen molar-refractivity contribution in [2.75, 3.05) is 51.5 Å². The molecule has 0 saturated carbocycles. The number of halogens is 3. The van der Waals surface area contributed by atoms with Gasteiger partial charge < -0.3 is 24.7 Å². The van der Waals surface area contributed by atoms with Gasteiger partial charge in [0.25, 0.3) is 0 Å². The van der Waals surface area contributed by atoms with Gasteiger partial charge in [0.15, 0.2) is 17.5 Å². The maximum atomic E-state index is 13.5. The zero-order chi connectivity index (χ0) is 29.7. The van der Waals surface area contributed by atoms with Crippen LogP contribution in [0.25, 0.3) is 10.9 Å². The average molecular weight is 592 g/mol. The molecular formula is C30H36F3N3O4S. The van der Waals surface area contributed by atoms with E-state index in [4.69, 9.17) is 4.74 Å². The Kier molecular flexibility index (Phi) is 10.0. The Hall–Kier alpha value is -3.02. The SMILES string of the molecule is COc1ccc2ncc(N(C)C)c([C@H](O)CCC3(CC(=O)O)CCN(CCSc4cc(F)c(F)c(F)c4)CC3)c2c1. The fourth-order valence-corrected chi connectivity index (χ4v) is 6.56. The van der Waals surface area contributed by atoms with Crippen LogP contribution in [0.2, 0.25) is 0 Å². The van der Waals surface area contributed by atoms with E-state index in [1.165, 1.54) is 11.8 Å². The highest BCUT2D eigenvalue weighted by Crippen LogP contribution is 2.43. The Labute approximate surface area is 242 Å². The molecule has 1 saturated heterocycles. The lowest BCUT2D eigenvalue weighted by molar-refractivity contribution is -0.141. The van der Waals surface area contributed by atoms with Crippen molar-refractivity contribution in [3.63, 3.8) is 0 Å². The third kappa shape index (κ3) is 7.44. The molecule has 41 heavy (non-hydrogen) atoms. The highest BCUT2D eigenvalue weighted by molar-refractivity contribution is 7.99. The molecule has 3 aromatic rings. The number of anilines is 1. The summed E-state index contributed by atoms with van der Waals surface area (Å²) in [4.78, 5) is 20.8. The number of aliphatic hydroxyl groups is 1. The number of aromatic nitrogens is 1. The number of carboxylic acid groups (broad SMARTS) is 1. The molecular weight excluding hydrogens is 555 g/mol. The van der Waals surface area contributed by atoms with E-state index in [-0.39, 0.29) is 6.42 Å². The zero-order valence-electron chi connectivity index (χ0n) is 23.5. The summed E-state index contributed by atoms with van der Waals surface area (Å²) in [7, 11) is 5.37. The number of likely N-dealkylation sites (tertiary alicyclic amines) is 1. The van der Waals surface area contributed by atoms with Crippen molar-refractivity contribution in [1.29, 1.82) is 0 Å². The first kappa shape index (κ1) is 30.9. The van der Waals surface area contributed by atoms with Crippen LogP contribution in [0, 0.1) is 22.9 Å². The van der Waals surface area contributed by atoms with E-state index in [0.717, 1.165) is 34.3 Å². The van der Waals surface area contributed by atoms with Crippen LogP contribution >= 0.6 is 11.8 Å². The lowest BCUT2D eigenvalue weighted by Crippen LogP contribution is -2.42. The van der Waals surface area contributed by atoms with Crippen molar-refractivity contribution in [3.05, 3.63) is 59.5 Å². The van der Waals surface area contributed by atoms with Crippen molar-refractivity contribution in [3.8, 4) is 5.75 Å². The molecule has 1 atom stereocenters. The number of hydrogen-bond donors (Lipinski definition) is 2. The molecule has 0 spiro atoms. The number of pyridine rings is 1. The van der Waals surface area contributed by atoms with Crippen LogP contribution in [0.4, 0.5) is 18.9 Å². The first-order valence-corrected chi connectivity index (χ1v) is 14.5. The number of hydrogen-bond acceptors (Lipinski definition) is 7. The van der Waals surface area contributed by atoms with Crippen LogP contribution in [0.5, 0.6) is 5.75 Å². The normalized spacial score (nSPS) is 16.1. The van der Waals surface area contributed by atoms with E-state index in [9.17, 15) is 28.2 Å². The number of thioether (sulfide) groups is 1. The Balaban J connectivity index is 1.42. The summed E-state index contributed by atoms with van der Waals surface area (Å²) < 4.78 is 45.6. The minimum Gasteiger partial charge on any atom is -0.497 e. The number of carboxylic acids is 1. The van der Waals surface area contributed by atoms with Crippen LogP contribution < -0.4 is 9.64 Å². The Morgan fingerprint density at radius 1 is 1.17 bits per heavy atom. The summed E-state index contributed by atoms with van der Waals surface area (Å²) in [6.45, 7) is 2.00. The van der Waals surface area contributed by atoms with Crippen molar-refractivity contribution in [1.82, 2.24) is 9.88 Å². The second-order valence-electron chi connectivity index (χ2n) is 10.9. The van der Waals surface area contributed by atoms with Crippen molar-refractivity contribution >= 4 is 34.3 Å². The van der Waals surface area contributed by atoms with Gasteiger partial charge in [-0.1, -0.05) is 0 Å². The fraction of sp³-hybridized carbons (Fsp3) is 0.467. The van der Waals surface area contributed by atoms with Gasteiger partial charge in [0, 0.05) is 42.2 Å². The molecule has 0 aliphatic carbocycles. The van der Waals surface area contributed by atoms with E-state index in [0.29, 0.717) is 61.7 Å². The van der Waals surface area contributed by atoms with Gasteiger partial charge in [-0.2, -0.15) is 0 Å². The molecule has 222 valence electrons. The third-order valence-corrected chi connectivity index (χ3v) is 8.89. The van der Waals surface area contributed by atoms with Crippen molar-refractivity contribution < 1.29 is 32.9 Å². The topological polar surface area (TPSA) is 86.1 Å². The van der Waals surface area contributed by atoms with E-state index < -0.39 is 34.9 Å². The minimum absolute atomic E-state index is 0.0158. The van der Waals surface area contributed by atoms with Crippen LogP contribution in [0.3, 0.4) is 0 Å². The molecule has 2 heterocycles. The summed E-state index contributed by atoms with van der Waals surface area (Å²) in [5.74, 6) is -3.53. The van der Waals surface area contributed by atoms with Gasteiger partial charge in [-0.05, 0) is 74.5 Å². The van der Waals surface area contributed by atoms with Gasteiger partial charge in [0.1, 0.15) is 5.75 Å². The highest BCUT2D eigenvalue weighted by atomic mass is 32.2. The van der Waals surface area contributed by atoms with Crippen LogP contribution in [0.1, 0.15) is 43.8 Å². The molecule has 2 aromatic carbocycles. The Morgan fingerprint density at radius 3 is 2.46 bits per heavy atom. The number of ether oxygens (including phenoxy) is 1. The summed E-state index contributed by atoms with van der Waals surface area (Å²) in [6.07, 6.45) is 3.17. The van der Waals surface area contributed by atoms with Crippen molar-refractivity contribution in [2.45, 2.75) is 43.1 Å². The van der Waals surface area contributed by atoms with Gasteiger partial charge in [-0.3, -0.25) is 9.78 Å². The van der Waals surface area contributed by atoms with Gasteiger partial charge in [0.05, 0.1) is 37.0 Å². The fourth-order valence-electron chi connectivity index (χ4n) is 5.60. The molecule has 1 aliphatic heterocycles. The first-order chi connectivity index (χ1) is 19.5. The number of rotatable bonds is 12. The number of carbonyl (C=O) groups is 1. The average Bonchev–Trinajstić information content (AvgIpc) is 2.94. The highest BCUT2D eigenvalue weighted by Gasteiger charge is 2.37. The van der Waals surface area contributed by atoms with Crippen LogP contribution in [0.15, 0.2) is 41.4 Å². The van der Waals surface area contributed by atoms with Gasteiger partial charge in [0.2, 0.25) is 0 Å². The number of piperidine rings is 1. The zero-order valence-corrected chi connectivity index (χ0v) is 24.3. The number of methoxy groups -OCH3 is 1. The number of nitrogens with zero attached hydrogens (tertiary/aromatic N) is 3.